The Bertz CT molecular complexity index is 161. The molecule has 1 aliphatic rings. The van der Waals surface area contributed by atoms with E-state index < -0.39 is 24.1 Å². The number of hydrogen-bond donors (Lipinski definition) is 2. The van der Waals surface area contributed by atoms with Crippen LogP contribution in [0.5, 0.6) is 0 Å². The molecule has 0 aliphatic carbocycles. The Hall–Kier alpha value is -0.160. The molecule has 0 amide bonds. The van der Waals surface area contributed by atoms with Crippen molar-refractivity contribution in [2.24, 2.45) is 0 Å². The molecule has 1 rings (SSSR count). The third-order valence-corrected chi connectivity index (χ3v) is 2.49. The molecule has 0 aromatic heterocycles. The quantitative estimate of drug-likeness (QED) is 0.584. The van der Waals surface area contributed by atoms with Gasteiger partial charge in [0.2, 0.25) is 0 Å². The zero-order valence-electron chi connectivity index (χ0n) is 7.65. The summed E-state index contributed by atoms with van der Waals surface area (Å²) in [6.07, 6.45) is -1.62. The Labute approximate surface area is 72.1 Å². The van der Waals surface area contributed by atoms with Crippen molar-refractivity contribution in [2.75, 3.05) is 7.11 Å². The van der Waals surface area contributed by atoms with Crippen LogP contribution in [-0.2, 0) is 9.47 Å². The fourth-order valence-corrected chi connectivity index (χ4v) is 1.54. The Morgan fingerprint density at radius 1 is 1.50 bits per heavy atom. The molecule has 0 unspecified atom stereocenters. The van der Waals surface area contributed by atoms with Crippen molar-refractivity contribution in [3.05, 3.63) is 0 Å². The first-order valence-corrected chi connectivity index (χ1v) is 4.06. The smallest absolute Gasteiger partial charge is 0.157 e. The normalized spacial score (nSPS) is 49.2. The molecular formula is C8H16O4. The van der Waals surface area contributed by atoms with Crippen LogP contribution in [0.4, 0.5) is 0 Å². The number of aliphatic hydroxyl groups excluding tert-OH is 2. The molecule has 1 fully saturated rings. The lowest BCUT2D eigenvalue weighted by Gasteiger charge is -2.42. The summed E-state index contributed by atoms with van der Waals surface area (Å²) in [5.41, 5.74) is -0.697. The van der Waals surface area contributed by atoms with Crippen molar-refractivity contribution < 1.29 is 19.7 Å². The summed E-state index contributed by atoms with van der Waals surface area (Å²) < 4.78 is 10.2. The third-order valence-electron chi connectivity index (χ3n) is 2.49. The molecule has 72 valence electrons. The molecule has 0 spiro atoms. The van der Waals surface area contributed by atoms with Crippen LogP contribution in [0, 0.1) is 0 Å². The largest absolute Gasteiger partial charge is 0.387 e. The van der Waals surface area contributed by atoms with Crippen LogP contribution in [0.15, 0.2) is 0 Å². The maximum atomic E-state index is 9.65. The first-order chi connectivity index (χ1) is 5.49. The van der Waals surface area contributed by atoms with E-state index in [-0.39, 0.29) is 0 Å². The number of ether oxygens (including phenoxy) is 2. The molecule has 12 heavy (non-hydrogen) atoms. The Balaban J connectivity index is 2.72. The van der Waals surface area contributed by atoms with Crippen molar-refractivity contribution in [2.45, 2.75) is 44.4 Å². The van der Waals surface area contributed by atoms with E-state index >= 15 is 0 Å². The standard InChI is InChI=1S/C8H16O4/c1-5-7(10)8(2,11-3)4-6(9)12-5/h5-7,9-10H,4H2,1-3H3/t5-,6+,7-,8+/m0/s1. The zero-order valence-corrected chi connectivity index (χ0v) is 7.65. The van der Waals surface area contributed by atoms with Gasteiger partial charge in [0.15, 0.2) is 6.29 Å². The molecule has 1 heterocycles. The monoisotopic (exact) mass is 176 g/mol. The average molecular weight is 176 g/mol. The zero-order chi connectivity index (χ0) is 9.35. The Kier molecular flexibility index (Phi) is 2.73. The molecule has 0 aromatic carbocycles. The van der Waals surface area contributed by atoms with Gasteiger partial charge in [0.1, 0.15) is 6.10 Å². The average Bonchev–Trinajstić information content (AvgIpc) is 2.00. The van der Waals surface area contributed by atoms with Gasteiger partial charge in [-0.2, -0.15) is 0 Å². The van der Waals surface area contributed by atoms with Crippen LogP contribution in [0.25, 0.3) is 0 Å². The SMILES string of the molecule is CO[C@]1(C)C[C@H](O)O[C@@H](C)[C@@H]1O. The summed E-state index contributed by atoms with van der Waals surface area (Å²) in [7, 11) is 1.52. The lowest BCUT2D eigenvalue weighted by molar-refractivity contribution is -0.263. The van der Waals surface area contributed by atoms with Crippen molar-refractivity contribution in [3.63, 3.8) is 0 Å². The van der Waals surface area contributed by atoms with Crippen molar-refractivity contribution in [3.8, 4) is 0 Å². The molecule has 2 N–H and O–H groups in total. The highest BCUT2D eigenvalue weighted by Gasteiger charge is 2.44. The minimum absolute atomic E-state index is 0.301. The van der Waals surface area contributed by atoms with Gasteiger partial charge in [0.05, 0.1) is 11.7 Å². The number of rotatable bonds is 1. The summed E-state index contributed by atoms with van der Waals surface area (Å²) >= 11 is 0. The second-order valence-corrected chi connectivity index (χ2v) is 3.46. The molecule has 4 atom stereocenters. The first-order valence-electron chi connectivity index (χ1n) is 4.06. The van der Waals surface area contributed by atoms with Gasteiger partial charge in [-0.1, -0.05) is 0 Å². The van der Waals surface area contributed by atoms with Gasteiger partial charge >= 0.3 is 0 Å². The summed E-state index contributed by atoms with van der Waals surface area (Å²) in [6, 6.07) is 0. The van der Waals surface area contributed by atoms with Crippen molar-refractivity contribution >= 4 is 0 Å². The summed E-state index contributed by atoms with van der Waals surface area (Å²) in [6.45, 7) is 3.48. The number of hydrogen-bond acceptors (Lipinski definition) is 4. The fourth-order valence-electron chi connectivity index (χ4n) is 1.54. The van der Waals surface area contributed by atoms with Crippen LogP contribution >= 0.6 is 0 Å². The summed E-state index contributed by atoms with van der Waals surface area (Å²) in [4.78, 5) is 0. The van der Waals surface area contributed by atoms with Crippen molar-refractivity contribution in [1.29, 1.82) is 0 Å². The van der Waals surface area contributed by atoms with E-state index in [0.717, 1.165) is 0 Å². The lowest BCUT2D eigenvalue weighted by atomic mass is 9.89. The molecule has 4 nitrogen and oxygen atoms in total. The van der Waals surface area contributed by atoms with E-state index in [4.69, 9.17) is 9.47 Å². The van der Waals surface area contributed by atoms with Crippen LogP contribution < -0.4 is 0 Å². The second kappa shape index (κ2) is 3.30. The van der Waals surface area contributed by atoms with E-state index in [1.54, 1.807) is 13.8 Å². The lowest BCUT2D eigenvalue weighted by Crippen LogP contribution is -2.55. The second-order valence-electron chi connectivity index (χ2n) is 3.46. The highest BCUT2D eigenvalue weighted by molar-refractivity contribution is 4.91. The highest BCUT2D eigenvalue weighted by atomic mass is 16.6. The van der Waals surface area contributed by atoms with Gasteiger partial charge in [-0.3, -0.25) is 0 Å². The van der Waals surface area contributed by atoms with E-state index in [1.807, 2.05) is 0 Å². The number of aliphatic hydroxyl groups is 2. The molecule has 4 heteroatoms. The van der Waals surface area contributed by atoms with E-state index in [2.05, 4.69) is 0 Å². The van der Waals surface area contributed by atoms with Gasteiger partial charge in [-0.25, -0.2) is 0 Å². The highest BCUT2D eigenvalue weighted by Crippen LogP contribution is 2.30. The van der Waals surface area contributed by atoms with Crippen LogP contribution in [0.1, 0.15) is 20.3 Å². The Morgan fingerprint density at radius 3 is 2.58 bits per heavy atom. The summed E-state index contributed by atoms with van der Waals surface area (Å²) in [5.74, 6) is 0. The van der Waals surface area contributed by atoms with Gasteiger partial charge in [-0.15, -0.1) is 0 Å². The van der Waals surface area contributed by atoms with Crippen LogP contribution in [0.3, 0.4) is 0 Å². The molecular weight excluding hydrogens is 160 g/mol. The Morgan fingerprint density at radius 2 is 2.08 bits per heavy atom. The van der Waals surface area contributed by atoms with Crippen LogP contribution in [-0.4, -0.2) is 41.4 Å². The van der Waals surface area contributed by atoms with Gasteiger partial charge in [0.25, 0.3) is 0 Å². The van der Waals surface area contributed by atoms with Gasteiger partial charge in [0, 0.05) is 13.5 Å². The minimum atomic E-state index is -0.839. The molecule has 0 bridgehead atoms. The van der Waals surface area contributed by atoms with Gasteiger partial charge in [-0.05, 0) is 13.8 Å². The third kappa shape index (κ3) is 1.61. The van der Waals surface area contributed by atoms with Crippen molar-refractivity contribution in [1.82, 2.24) is 0 Å². The fraction of sp³-hybridized carbons (Fsp3) is 1.00. The first kappa shape index (κ1) is 9.92. The van der Waals surface area contributed by atoms with Crippen LogP contribution in [0.2, 0.25) is 0 Å². The molecule has 0 saturated carbocycles. The number of methoxy groups -OCH3 is 1. The molecule has 1 saturated heterocycles. The predicted molar refractivity (Wildman–Crippen MR) is 42.6 cm³/mol. The predicted octanol–water partition coefficient (Wildman–Crippen LogP) is -0.120. The van der Waals surface area contributed by atoms with E-state index in [0.29, 0.717) is 6.42 Å². The summed E-state index contributed by atoms with van der Waals surface area (Å²) in [5, 5.41) is 18.9. The van der Waals surface area contributed by atoms with E-state index in [1.165, 1.54) is 7.11 Å². The van der Waals surface area contributed by atoms with E-state index in [9.17, 15) is 10.2 Å². The maximum Gasteiger partial charge on any atom is 0.157 e. The molecule has 1 aliphatic heterocycles. The minimum Gasteiger partial charge on any atom is -0.387 e. The maximum absolute atomic E-state index is 9.65. The molecule has 0 aromatic rings. The molecule has 0 radical (unpaired) electrons. The van der Waals surface area contributed by atoms with Gasteiger partial charge < -0.3 is 19.7 Å². The topological polar surface area (TPSA) is 58.9 Å².